The molecule has 1 aliphatic carbocycles. The van der Waals surface area contributed by atoms with Crippen LogP contribution in [-0.2, 0) is 19.1 Å². The minimum absolute atomic E-state index is 0.0108. The van der Waals surface area contributed by atoms with Crippen molar-refractivity contribution >= 4 is 45.0 Å². The third-order valence-corrected chi connectivity index (χ3v) is 7.88. The van der Waals surface area contributed by atoms with Crippen LogP contribution in [0, 0.1) is 24.6 Å². The zero-order chi connectivity index (χ0) is 24.4. The van der Waals surface area contributed by atoms with Gasteiger partial charge in [-0.2, -0.15) is 0 Å². The molecule has 180 valence electrons. The van der Waals surface area contributed by atoms with Gasteiger partial charge in [0.2, 0.25) is 0 Å². The summed E-state index contributed by atoms with van der Waals surface area (Å²) >= 11 is 4.90. The van der Waals surface area contributed by atoms with Gasteiger partial charge in [-0.15, -0.1) is 11.3 Å². The number of halogens is 2. The number of hydrogen-bond acceptors (Lipinski definition) is 8. The Morgan fingerprint density at radius 2 is 1.91 bits per heavy atom. The number of aliphatic imine (C=N–C) groups is 1. The molecule has 2 heterocycles. The van der Waals surface area contributed by atoms with Crippen LogP contribution < -0.4 is 5.32 Å². The molecule has 0 radical (unpaired) electrons. The molecule has 10 heteroatoms. The lowest BCUT2D eigenvalue weighted by Crippen LogP contribution is -2.38. The van der Waals surface area contributed by atoms with E-state index in [-0.39, 0.29) is 17.8 Å². The van der Waals surface area contributed by atoms with Crippen LogP contribution in [0.4, 0.5) is 4.39 Å². The smallest absolute Gasteiger partial charge is 0.338 e. The molecule has 0 spiro atoms. The standard InChI is InChI=1S/C24H25BrFN3O4S/c1-12-11-34-22(27-12)21-28-19(13-4-6-14(7-5-13)23(30)32-2)18(24(31)33-3)20(29-21)16-9-8-15(26)10-17(16)25/h8-11,13-14,20H,4-7H2,1-3H3,(H,28,29)/t13-,14-,20?. The Kier molecular flexibility index (Phi) is 7.47. The van der Waals surface area contributed by atoms with E-state index in [4.69, 9.17) is 14.5 Å². The molecule has 2 aromatic rings. The Bertz CT molecular complexity index is 1170. The average molecular weight is 550 g/mol. The third-order valence-electron chi connectivity index (χ3n) is 6.23. The molecule has 1 saturated carbocycles. The summed E-state index contributed by atoms with van der Waals surface area (Å²) in [6.45, 7) is 1.90. The predicted octanol–water partition coefficient (Wildman–Crippen LogP) is 4.85. The molecule has 1 unspecified atom stereocenters. The van der Waals surface area contributed by atoms with Crippen LogP contribution in [-0.4, -0.2) is 37.0 Å². The second-order valence-electron chi connectivity index (χ2n) is 8.36. The molecule has 34 heavy (non-hydrogen) atoms. The van der Waals surface area contributed by atoms with Crippen molar-refractivity contribution in [2.75, 3.05) is 14.2 Å². The fourth-order valence-corrected chi connectivity index (χ4v) is 5.84. The second-order valence-corrected chi connectivity index (χ2v) is 10.1. The molecule has 0 amide bonds. The number of allylic oxidation sites excluding steroid dienone is 1. The number of methoxy groups -OCH3 is 2. The number of benzene rings is 1. The molecule has 1 fully saturated rings. The molecule has 1 aromatic carbocycles. The van der Waals surface area contributed by atoms with Crippen molar-refractivity contribution in [2.45, 2.75) is 38.6 Å². The Morgan fingerprint density at radius 1 is 1.18 bits per heavy atom. The number of thiazole rings is 1. The second kappa shape index (κ2) is 10.4. The summed E-state index contributed by atoms with van der Waals surface area (Å²) in [5.41, 5.74) is 2.62. The van der Waals surface area contributed by atoms with E-state index in [0.29, 0.717) is 57.8 Å². The number of carbonyl (C=O) groups is 2. The largest absolute Gasteiger partial charge is 0.469 e. The molecule has 0 bridgehead atoms. The van der Waals surface area contributed by atoms with Crippen LogP contribution in [0.1, 0.15) is 48.0 Å². The first-order valence-corrected chi connectivity index (χ1v) is 12.6. The number of nitrogens with zero attached hydrogens (tertiary/aromatic N) is 2. The summed E-state index contributed by atoms with van der Waals surface area (Å²) in [4.78, 5) is 34.5. The van der Waals surface area contributed by atoms with E-state index in [1.807, 2.05) is 12.3 Å². The third kappa shape index (κ3) is 4.93. The van der Waals surface area contributed by atoms with Crippen molar-refractivity contribution in [1.29, 1.82) is 0 Å². The van der Waals surface area contributed by atoms with Crippen molar-refractivity contribution in [1.82, 2.24) is 10.3 Å². The van der Waals surface area contributed by atoms with Gasteiger partial charge in [0.1, 0.15) is 11.9 Å². The van der Waals surface area contributed by atoms with E-state index in [2.05, 4.69) is 26.2 Å². The van der Waals surface area contributed by atoms with Crippen LogP contribution in [0.15, 0.2) is 44.3 Å². The number of nitrogens with one attached hydrogen (secondary N) is 1. The fraction of sp³-hybridized carbons (Fsp3) is 0.417. The minimum atomic E-state index is -0.712. The topological polar surface area (TPSA) is 89.9 Å². The normalized spacial score (nSPS) is 22.6. The van der Waals surface area contributed by atoms with E-state index < -0.39 is 17.8 Å². The molecule has 7 nitrogen and oxygen atoms in total. The first-order valence-electron chi connectivity index (χ1n) is 10.9. The summed E-state index contributed by atoms with van der Waals surface area (Å²) in [6, 6.07) is 3.62. The molecule has 1 aliphatic heterocycles. The SMILES string of the molecule is COC(=O)C1=C([C@H]2CC[C@H](C(=O)OC)CC2)NC(c2nc(C)cs2)=NC1c1ccc(F)cc1Br. The maximum Gasteiger partial charge on any atom is 0.338 e. The van der Waals surface area contributed by atoms with E-state index in [0.717, 1.165) is 5.69 Å². The zero-order valence-electron chi connectivity index (χ0n) is 19.1. The number of ether oxygens (including phenoxy) is 2. The number of rotatable bonds is 5. The van der Waals surface area contributed by atoms with Gasteiger partial charge in [0.05, 0.1) is 25.7 Å². The van der Waals surface area contributed by atoms with Crippen molar-refractivity contribution in [2.24, 2.45) is 16.8 Å². The summed E-state index contributed by atoms with van der Waals surface area (Å²) in [7, 11) is 2.74. The Morgan fingerprint density at radius 3 is 2.50 bits per heavy atom. The van der Waals surface area contributed by atoms with E-state index >= 15 is 0 Å². The van der Waals surface area contributed by atoms with Gasteiger partial charge < -0.3 is 14.8 Å². The molecule has 0 saturated heterocycles. The number of aryl methyl sites for hydroxylation is 1. The summed E-state index contributed by atoms with van der Waals surface area (Å²) in [6.07, 6.45) is 2.71. The van der Waals surface area contributed by atoms with Gasteiger partial charge in [0, 0.05) is 21.2 Å². The van der Waals surface area contributed by atoms with Gasteiger partial charge in [-0.05, 0) is 56.2 Å². The van der Waals surface area contributed by atoms with Gasteiger partial charge in [0.15, 0.2) is 10.8 Å². The highest BCUT2D eigenvalue weighted by atomic mass is 79.9. The summed E-state index contributed by atoms with van der Waals surface area (Å²) in [5, 5.41) is 6.01. The Balaban J connectivity index is 1.80. The molecule has 1 aromatic heterocycles. The maximum absolute atomic E-state index is 13.9. The molecule has 4 rings (SSSR count). The van der Waals surface area contributed by atoms with Gasteiger partial charge in [-0.25, -0.2) is 14.2 Å². The van der Waals surface area contributed by atoms with E-state index in [9.17, 15) is 14.0 Å². The highest BCUT2D eigenvalue weighted by molar-refractivity contribution is 9.10. The lowest BCUT2D eigenvalue weighted by molar-refractivity contribution is -0.146. The molecule has 2 aliphatic rings. The number of amidine groups is 1. The first-order chi connectivity index (χ1) is 16.3. The summed E-state index contributed by atoms with van der Waals surface area (Å²) in [5.74, 6) is -0.707. The molecular weight excluding hydrogens is 525 g/mol. The van der Waals surface area contributed by atoms with Gasteiger partial charge >= 0.3 is 11.9 Å². The van der Waals surface area contributed by atoms with Gasteiger partial charge in [0.25, 0.3) is 0 Å². The van der Waals surface area contributed by atoms with Crippen LogP contribution in [0.2, 0.25) is 0 Å². The maximum atomic E-state index is 13.9. The predicted molar refractivity (Wildman–Crippen MR) is 130 cm³/mol. The quantitative estimate of drug-likeness (QED) is 0.536. The van der Waals surface area contributed by atoms with Crippen LogP contribution in [0.25, 0.3) is 0 Å². The van der Waals surface area contributed by atoms with Crippen molar-refractivity contribution in [3.8, 4) is 0 Å². The Hall–Kier alpha value is -2.59. The molecular formula is C24H25BrFN3O4S. The highest BCUT2D eigenvalue weighted by Gasteiger charge is 2.38. The van der Waals surface area contributed by atoms with Crippen molar-refractivity contribution < 1.29 is 23.5 Å². The monoisotopic (exact) mass is 549 g/mol. The number of carbonyl (C=O) groups excluding carboxylic acids is 2. The lowest BCUT2D eigenvalue weighted by Gasteiger charge is -2.34. The lowest BCUT2D eigenvalue weighted by atomic mass is 9.78. The van der Waals surface area contributed by atoms with Gasteiger partial charge in [-0.1, -0.05) is 22.0 Å². The number of esters is 2. The Labute approximate surface area is 209 Å². The molecule has 1 atom stereocenters. The minimum Gasteiger partial charge on any atom is -0.469 e. The van der Waals surface area contributed by atoms with Crippen LogP contribution in [0.3, 0.4) is 0 Å². The summed E-state index contributed by atoms with van der Waals surface area (Å²) < 4.78 is 24.4. The van der Waals surface area contributed by atoms with Crippen molar-refractivity contribution in [3.63, 3.8) is 0 Å². The number of aromatic nitrogens is 1. The van der Waals surface area contributed by atoms with Crippen molar-refractivity contribution in [3.05, 3.63) is 61.4 Å². The molecule has 1 N–H and O–H groups in total. The van der Waals surface area contributed by atoms with Crippen LogP contribution in [0.5, 0.6) is 0 Å². The first kappa shape index (κ1) is 24.5. The average Bonchev–Trinajstić information content (AvgIpc) is 3.28. The highest BCUT2D eigenvalue weighted by Crippen LogP contribution is 2.42. The van der Waals surface area contributed by atoms with E-state index in [1.165, 1.54) is 37.7 Å². The van der Waals surface area contributed by atoms with Gasteiger partial charge in [-0.3, -0.25) is 9.79 Å². The zero-order valence-corrected chi connectivity index (χ0v) is 21.5. The van der Waals surface area contributed by atoms with Crippen LogP contribution >= 0.6 is 27.3 Å². The van der Waals surface area contributed by atoms with E-state index in [1.54, 1.807) is 6.07 Å². The fourth-order valence-electron chi connectivity index (χ4n) is 4.53. The number of hydrogen-bond donors (Lipinski definition) is 1.